The quantitative estimate of drug-likeness (QED) is 0.680. The number of amides is 2. The molecule has 1 rings (SSSR count). The largest absolute Gasteiger partial charge is 0.480 e. The molecule has 2 atom stereocenters. The lowest BCUT2D eigenvalue weighted by molar-refractivity contribution is -0.142. The molecule has 0 aromatic heterocycles. The Morgan fingerprint density at radius 2 is 2.19 bits per heavy atom. The van der Waals surface area contributed by atoms with Crippen molar-refractivity contribution in [1.29, 1.82) is 0 Å². The van der Waals surface area contributed by atoms with E-state index in [0.29, 0.717) is 19.7 Å². The molecule has 1 saturated heterocycles. The number of urea groups is 1. The number of hydrogen-bond acceptors (Lipinski definition) is 5. The summed E-state index contributed by atoms with van der Waals surface area (Å²) in [5, 5.41) is 11.5. The molecule has 0 saturated carbocycles. The fraction of sp³-hybridized carbons (Fsp3) is 0.769. The van der Waals surface area contributed by atoms with Gasteiger partial charge in [0.25, 0.3) is 0 Å². The zero-order valence-corrected chi connectivity index (χ0v) is 12.3. The van der Waals surface area contributed by atoms with E-state index in [1.807, 2.05) is 6.92 Å². The van der Waals surface area contributed by atoms with Crippen LogP contribution in [-0.4, -0.2) is 66.9 Å². The average Bonchev–Trinajstić information content (AvgIpc) is 2.50. The number of rotatable bonds is 6. The van der Waals surface area contributed by atoms with Crippen molar-refractivity contribution in [2.75, 3.05) is 26.8 Å². The van der Waals surface area contributed by atoms with Crippen LogP contribution >= 0.6 is 0 Å². The average molecular weight is 302 g/mol. The number of morpholine rings is 1. The highest BCUT2D eigenvalue weighted by Crippen LogP contribution is 2.09. The highest BCUT2D eigenvalue weighted by atomic mass is 16.5. The number of aliphatic carboxylic acids is 1. The van der Waals surface area contributed by atoms with E-state index in [9.17, 15) is 14.4 Å². The van der Waals surface area contributed by atoms with Crippen LogP contribution in [0.15, 0.2) is 0 Å². The summed E-state index contributed by atoms with van der Waals surface area (Å²) in [4.78, 5) is 35.8. The predicted molar refractivity (Wildman–Crippen MR) is 72.8 cm³/mol. The molecule has 2 amide bonds. The number of carboxylic acid groups (broad SMARTS) is 1. The van der Waals surface area contributed by atoms with Crippen molar-refractivity contribution in [3.05, 3.63) is 0 Å². The van der Waals surface area contributed by atoms with E-state index in [4.69, 9.17) is 9.84 Å². The van der Waals surface area contributed by atoms with Gasteiger partial charge in [0.2, 0.25) is 0 Å². The Bertz CT molecular complexity index is 387. The van der Waals surface area contributed by atoms with Gasteiger partial charge in [0, 0.05) is 19.5 Å². The predicted octanol–water partition coefficient (Wildman–Crippen LogP) is 0.213. The molecule has 0 aliphatic carbocycles. The van der Waals surface area contributed by atoms with Crippen molar-refractivity contribution in [3.63, 3.8) is 0 Å². The third-order valence-corrected chi connectivity index (χ3v) is 3.34. The Kier molecular flexibility index (Phi) is 6.93. The number of carboxylic acids is 1. The highest BCUT2D eigenvalue weighted by Gasteiger charge is 2.27. The molecular formula is C13H22N2O6. The van der Waals surface area contributed by atoms with Crippen molar-refractivity contribution >= 4 is 18.0 Å². The summed E-state index contributed by atoms with van der Waals surface area (Å²) in [5.41, 5.74) is 0. The van der Waals surface area contributed by atoms with Crippen LogP contribution in [0.25, 0.3) is 0 Å². The lowest BCUT2D eigenvalue weighted by Gasteiger charge is -2.33. The molecular weight excluding hydrogens is 280 g/mol. The Labute approximate surface area is 123 Å². The minimum absolute atomic E-state index is 0.00467. The van der Waals surface area contributed by atoms with Crippen LogP contribution in [0.2, 0.25) is 0 Å². The van der Waals surface area contributed by atoms with Gasteiger partial charge in [-0.15, -0.1) is 0 Å². The summed E-state index contributed by atoms with van der Waals surface area (Å²) >= 11 is 0. The molecule has 1 heterocycles. The van der Waals surface area contributed by atoms with Crippen LogP contribution in [0.4, 0.5) is 4.79 Å². The molecule has 1 aliphatic rings. The van der Waals surface area contributed by atoms with Crippen LogP contribution in [-0.2, 0) is 19.1 Å². The van der Waals surface area contributed by atoms with Crippen molar-refractivity contribution in [3.8, 4) is 0 Å². The van der Waals surface area contributed by atoms with Crippen molar-refractivity contribution < 1.29 is 29.0 Å². The molecule has 120 valence electrons. The van der Waals surface area contributed by atoms with E-state index < -0.39 is 24.0 Å². The smallest absolute Gasteiger partial charge is 0.326 e. The van der Waals surface area contributed by atoms with Gasteiger partial charge < -0.3 is 24.8 Å². The maximum Gasteiger partial charge on any atom is 0.326 e. The number of nitrogens with zero attached hydrogens (tertiary/aromatic N) is 1. The van der Waals surface area contributed by atoms with Crippen LogP contribution in [0.1, 0.15) is 26.2 Å². The van der Waals surface area contributed by atoms with E-state index in [0.717, 1.165) is 6.42 Å². The Hall–Kier alpha value is -1.83. The fourth-order valence-electron chi connectivity index (χ4n) is 2.01. The SMILES string of the molecule is CCC1CN(C(=O)N[C@@H](CCC(=O)OC)C(=O)O)CCO1. The van der Waals surface area contributed by atoms with Gasteiger partial charge in [0.15, 0.2) is 0 Å². The standard InChI is InChI=1S/C13H22N2O6/c1-3-9-8-15(6-7-21-9)13(19)14-10(12(17)18)4-5-11(16)20-2/h9-10H,3-8H2,1-2H3,(H,14,19)(H,17,18)/t9?,10-/m0/s1. The van der Waals surface area contributed by atoms with Crippen molar-refractivity contribution in [2.24, 2.45) is 0 Å². The molecule has 0 aromatic carbocycles. The second kappa shape index (κ2) is 8.46. The summed E-state index contributed by atoms with van der Waals surface area (Å²) in [6.45, 7) is 3.26. The number of ether oxygens (including phenoxy) is 2. The molecule has 0 radical (unpaired) electrons. The summed E-state index contributed by atoms with van der Waals surface area (Å²) in [6, 6.07) is -1.56. The summed E-state index contributed by atoms with van der Waals surface area (Å²) in [5.74, 6) is -1.68. The first kappa shape index (κ1) is 17.2. The van der Waals surface area contributed by atoms with Gasteiger partial charge in [-0.1, -0.05) is 6.92 Å². The first-order valence-electron chi connectivity index (χ1n) is 6.94. The normalized spacial score (nSPS) is 19.7. The third kappa shape index (κ3) is 5.58. The molecule has 0 spiro atoms. The molecule has 0 bridgehead atoms. The third-order valence-electron chi connectivity index (χ3n) is 3.34. The van der Waals surface area contributed by atoms with E-state index in [1.165, 1.54) is 12.0 Å². The zero-order valence-electron chi connectivity index (χ0n) is 12.3. The van der Waals surface area contributed by atoms with Crippen molar-refractivity contribution in [1.82, 2.24) is 10.2 Å². The number of carbonyl (C=O) groups excluding carboxylic acids is 2. The van der Waals surface area contributed by atoms with E-state index in [2.05, 4.69) is 10.1 Å². The van der Waals surface area contributed by atoms with E-state index in [-0.39, 0.29) is 18.9 Å². The van der Waals surface area contributed by atoms with Gasteiger partial charge in [-0.05, 0) is 12.8 Å². The molecule has 0 aromatic rings. The van der Waals surface area contributed by atoms with Gasteiger partial charge in [-0.3, -0.25) is 4.79 Å². The number of hydrogen-bond donors (Lipinski definition) is 2. The van der Waals surface area contributed by atoms with E-state index >= 15 is 0 Å². The van der Waals surface area contributed by atoms with Crippen LogP contribution in [0.5, 0.6) is 0 Å². The Balaban J connectivity index is 2.51. The molecule has 21 heavy (non-hydrogen) atoms. The molecule has 1 fully saturated rings. The number of methoxy groups -OCH3 is 1. The lowest BCUT2D eigenvalue weighted by Crippen LogP contribution is -2.53. The number of carbonyl (C=O) groups is 3. The van der Waals surface area contributed by atoms with Gasteiger partial charge in [0.1, 0.15) is 6.04 Å². The van der Waals surface area contributed by atoms with Gasteiger partial charge in [0.05, 0.1) is 19.8 Å². The Morgan fingerprint density at radius 3 is 2.76 bits per heavy atom. The van der Waals surface area contributed by atoms with Crippen LogP contribution in [0.3, 0.4) is 0 Å². The molecule has 8 heteroatoms. The first-order chi connectivity index (χ1) is 9.97. The molecule has 1 unspecified atom stereocenters. The minimum atomic E-state index is -1.17. The van der Waals surface area contributed by atoms with Crippen LogP contribution < -0.4 is 5.32 Å². The maximum absolute atomic E-state index is 12.1. The maximum atomic E-state index is 12.1. The van der Waals surface area contributed by atoms with Gasteiger partial charge >= 0.3 is 18.0 Å². The number of esters is 1. The second-order valence-electron chi connectivity index (χ2n) is 4.80. The van der Waals surface area contributed by atoms with Crippen molar-refractivity contribution in [2.45, 2.75) is 38.3 Å². The zero-order chi connectivity index (χ0) is 15.8. The first-order valence-corrected chi connectivity index (χ1v) is 6.94. The second-order valence-corrected chi connectivity index (χ2v) is 4.80. The Morgan fingerprint density at radius 1 is 1.48 bits per heavy atom. The number of nitrogens with one attached hydrogen (secondary N) is 1. The summed E-state index contributed by atoms with van der Waals surface area (Å²) in [6.07, 6.45) is 0.695. The van der Waals surface area contributed by atoms with Crippen LogP contribution in [0, 0.1) is 0 Å². The molecule has 1 aliphatic heterocycles. The fourth-order valence-corrected chi connectivity index (χ4v) is 2.01. The summed E-state index contributed by atoms with van der Waals surface area (Å²) < 4.78 is 9.91. The minimum Gasteiger partial charge on any atom is -0.480 e. The lowest BCUT2D eigenvalue weighted by atomic mass is 10.1. The molecule has 2 N–H and O–H groups in total. The molecule has 8 nitrogen and oxygen atoms in total. The monoisotopic (exact) mass is 302 g/mol. The van der Waals surface area contributed by atoms with Gasteiger partial charge in [-0.2, -0.15) is 0 Å². The topological polar surface area (TPSA) is 105 Å². The van der Waals surface area contributed by atoms with E-state index in [1.54, 1.807) is 0 Å². The highest BCUT2D eigenvalue weighted by molar-refractivity contribution is 5.83. The summed E-state index contributed by atoms with van der Waals surface area (Å²) in [7, 11) is 1.23. The van der Waals surface area contributed by atoms with Gasteiger partial charge in [-0.25, -0.2) is 9.59 Å².